The molecule has 4 aliphatic rings. The Balaban J connectivity index is 1.18. The molecular weight excluding hydrogens is 480 g/mol. The molecule has 2 aromatic carbocycles. The quantitative estimate of drug-likeness (QED) is 0.596. The molecule has 3 fully saturated rings. The number of rotatable bonds is 5. The number of amides is 4. The topological polar surface area (TPSA) is 98.8 Å². The predicted octanol–water partition coefficient (Wildman–Crippen LogP) is 2.97. The molecule has 1 unspecified atom stereocenters. The molecule has 1 atom stereocenters. The van der Waals surface area contributed by atoms with Crippen LogP contribution in [0.5, 0.6) is 0 Å². The van der Waals surface area contributed by atoms with E-state index < -0.39 is 23.8 Å². The van der Waals surface area contributed by atoms with E-state index >= 15 is 0 Å². The number of nitrogens with one attached hydrogen (secondary N) is 2. The third kappa shape index (κ3) is 4.67. The van der Waals surface area contributed by atoms with Crippen molar-refractivity contribution in [1.82, 2.24) is 20.4 Å². The minimum atomic E-state index is -0.966. The number of fused-ring (bicyclic) bond motifs is 1. The van der Waals surface area contributed by atoms with Crippen molar-refractivity contribution in [2.24, 2.45) is 11.8 Å². The van der Waals surface area contributed by atoms with Crippen molar-refractivity contribution < 1.29 is 19.2 Å². The highest BCUT2D eigenvalue weighted by molar-refractivity contribution is 6.25. The highest BCUT2D eigenvalue weighted by Crippen LogP contribution is 2.36. The summed E-state index contributed by atoms with van der Waals surface area (Å²) in [6.07, 6.45) is 5.36. The first kappa shape index (κ1) is 24.9. The predicted molar refractivity (Wildman–Crippen MR) is 142 cm³/mol. The van der Waals surface area contributed by atoms with Gasteiger partial charge in [-0.2, -0.15) is 0 Å². The zero-order valence-corrected chi connectivity index (χ0v) is 21.6. The molecule has 198 valence electrons. The summed E-state index contributed by atoms with van der Waals surface area (Å²) >= 11 is 0. The SMILES string of the molecule is O=C1CCC(N2C(=O)c3cccc(-c4cccc(CN5CCC(C6CCNCC6)CC5)c4)c3C2=O)C(=O)N1. The molecule has 0 radical (unpaired) electrons. The Morgan fingerprint density at radius 1 is 0.789 bits per heavy atom. The number of carbonyl (C=O) groups is 4. The summed E-state index contributed by atoms with van der Waals surface area (Å²) in [5.74, 6) is -0.224. The maximum Gasteiger partial charge on any atom is 0.262 e. The van der Waals surface area contributed by atoms with E-state index in [0.717, 1.165) is 55.0 Å². The first-order chi connectivity index (χ1) is 18.5. The van der Waals surface area contributed by atoms with E-state index in [4.69, 9.17) is 0 Å². The van der Waals surface area contributed by atoms with Crippen LogP contribution in [0.4, 0.5) is 0 Å². The van der Waals surface area contributed by atoms with Crippen LogP contribution in [-0.2, 0) is 16.1 Å². The van der Waals surface area contributed by atoms with Gasteiger partial charge in [0.15, 0.2) is 0 Å². The zero-order valence-electron chi connectivity index (χ0n) is 21.6. The summed E-state index contributed by atoms with van der Waals surface area (Å²) in [4.78, 5) is 54.3. The van der Waals surface area contributed by atoms with Crippen LogP contribution in [-0.4, -0.2) is 65.6 Å². The van der Waals surface area contributed by atoms with E-state index in [9.17, 15) is 19.2 Å². The second kappa shape index (κ2) is 10.4. The third-order valence-corrected chi connectivity index (χ3v) is 8.79. The largest absolute Gasteiger partial charge is 0.317 e. The second-order valence-electron chi connectivity index (χ2n) is 11.1. The lowest BCUT2D eigenvalue weighted by molar-refractivity contribution is -0.136. The monoisotopic (exact) mass is 514 g/mol. The number of hydrogen-bond donors (Lipinski definition) is 2. The van der Waals surface area contributed by atoms with Crippen LogP contribution in [0, 0.1) is 11.8 Å². The molecule has 8 heteroatoms. The molecule has 6 rings (SSSR count). The van der Waals surface area contributed by atoms with Gasteiger partial charge in [0.2, 0.25) is 11.8 Å². The standard InChI is InChI=1S/C30H34N4O4/c35-26-8-7-25(28(36)32-26)34-29(37)24-6-2-5-23(27(24)30(34)38)22-4-1-3-19(17-22)18-33-15-11-21(12-16-33)20-9-13-31-14-10-20/h1-6,17,20-21,25,31H,7-16,18H2,(H,32,35,36). The van der Waals surface area contributed by atoms with E-state index in [0.29, 0.717) is 16.7 Å². The Kier molecular flexibility index (Phi) is 6.84. The molecule has 38 heavy (non-hydrogen) atoms. The summed E-state index contributed by atoms with van der Waals surface area (Å²) < 4.78 is 0. The van der Waals surface area contributed by atoms with Gasteiger partial charge in [0.1, 0.15) is 6.04 Å². The number of hydrogen-bond acceptors (Lipinski definition) is 6. The maximum atomic E-state index is 13.5. The average Bonchev–Trinajstić information content (AvgIpc) is 3.19. The lowest BCUT2D eigenvalue weighted by atomic mass is 9.79. The molecule has 0 saturated carbocycles. The van der Waals surface area contributed by atoms with E-state index in [1.807, 2.05) is 18.2 Å². The normalized spacial score (nSPS) is 23.6. The molecule has 8 nitrogen and oxygen atoms in total. The molecule has 2 aromatic rings. The Bertz CT molecular complexity index is 1280. The van der Waals surface area contributed by atoms with E-state index in [-0.39, 0.29) is 18.7 Å². The van der Waals surface area contributed by atoms with Crippen LogP contribution in [0.15, 0.2) is 42.5 Å². The van der Waals surface area contributed by atoms with Crippen molar-refractivity contribution in [2.45, 2.75) is 51.1 Å². The Labute approximate surface area is 222 Å². The van der Waals surface area contributed by atoms with Crippen LogP contribution < -0.4 is 10.6 Å². The lowest BCUT2D eigenvalue weighted by Gasteiger charge is -2.37. The summed E-state index contributed by atoms with van der Waals surface area (Å²) in [7, 11) is 0. The summed E-state index contributed by atoms with van der Waals surface area (Å²) in [5.41, 5.74) is 3.40. The van der Waals surface area contributed by atoms with Gasteiger partial charge >= 0.3 is 0 Å². The van der Waals surface area contributed by atoms with Crippen molar-refractivity contribution in [3.05, 3.63) is 59.2 Å². The zero-order chi connectivity index (χ0) is 26.2. The Morgan fingerprint density at radius 2 is 1.50 bits per heavy atom. The van der Waals surface area contributed by atoms with Gasteiger partial charge in [0.25, 0.3) is 11.8 Å². The van der Waals surface area contributed by atoms with Crippen LogP contribution in [0.3, 0.4) is 0 Å². The average molecular weight is 515 g/mol. The number of nitrogens with zero attached hydrogens (tertiary/aromatic N) is 2. The first-order valence-corrected chi connectivity index (χ1v) is 13.9. The van der Waals surface area contributed by atoms with Crippen molar-refractivity contribution in [1.29, 1.82) is 0 Å². The Morgan fingerprint density at radius 3 is 2.26 bits per heavy atom. The molecule has 4 heterocycles. The highest BCUT2D eigenvalue weighted by atomic mass is 16.2. The van der Waals surface area contributed by atoms with Gasteiger partial charge in [-0.1, -0.05) is 30.3 Å². The van der Waals surface area contributed by atoms with E-state index in [2.05, 4.69) is 27.7 Å². The van der Waals surface area contributed by atoms with Crippen molar-refractivity contribution in [2.75, 3.05) is 26.2 Å². The summed E-state index contributed by atoms with van der Waals surface area (Å²) in [6, 6.07) is 12.5. The van der Waals surface area contributed by atoms with Gasteiger partial charge in [-0.15, -0.1) is 0 Å². The molecule has 4 aliphatic heterocycles. The summed E-state index contributed by atoms with van der Waals surface area (Å²) in [5, 5.41) is 5.73. The minimum absolute atomic E-state index is 0.105. The van der Waals surface area contributed by atoms with Gasteiger partial charge in [-0.25, -0.2) is 0 Å². The summed E-state index contributed by atoms with van der Waals surface area (Å²) in [6.45, 7) is 5.37. The second-order valence-corrected chi connectivity index (χ2v) is 11.1. The van der Waals surface area contributed by atoms with Crippen molar-refractivity contribution >= 4 is 23.6 Å². The van der Waals surface area contributed by atoms with Gasteiger partial charge in [-0.05, 0) is 98.9 Å². The maximum absolute atomic E-state index is 13.5. The Hall–Kier alpha value is -3.36. The van der Waals surface area contributed by atoms with Gasteiger partial charge in [-0.3, -0.25) is 34.3 Å². The van der Waals surface area contributed by atoms with Crippen molar-refractivity contribution in [3.8, 4) is 11.1 Å². The number of piperidine rings is 3. The molecule has 4 amide bonds. The third-order valence-electron chi connectivity index (χ3n) is 8.79. The molecular formula is C30H34N4O4. The number of likely N-dealkylation sites (tertiary alicyclic amines) is 1. The molecule has 0 aliphatic carbocycles. The minimum Gasteiger partial charge on any atom is -0.317 e. The van der Waals surface area contributed by atoms with E-state index in [1.165, 1.54) is 31.2 Å². The van der Waals surface area contributed by atoms with Crippen LogP contribution in [0.25, 0.3) is 11.1 Å². The highest BCUT2D eigenvalue weighted by Gasteiger charge is 2.45. The fraction of sp³-hybridized carbons (Fsp3) is 0.467. The van der Waals surface area contributed by atoms with Crippen LogP contribution in [0.2, 0.25) is 0 Å². The smallest absolute Gasteiger partial charge is 0.262 e. The van der Waals surface area contributed by atoms with Gasteiger partial charge in [0.05, 0.1) is 11.1 Å². The number of imide groups is 2. The van der Waals surface area contributed by atoms with Gasteiger partial charge in [0, 0.05) is 13.0 Å². The fourth-order valence-electron chi connectivity index (χ4n) is 6.75. The van der Waals surface area contributed by atoms with E-state index in [1.54, 1.807) is 12.1 Å². The van der Waals surface area contributed by atoms with Crippen LogP contribution in [0.1, 0.15) is 64.8 Å². The first-order valence-electron chi connectivity index (χ1n) is 13.9. The number of benzene rings is 2. The van der Waals surface area contributed by atoms with Gasteiger partial charge < -0.3 is 5.32 Å². The molecule has 3 saturated heterocycles. The number of carbonyl (C=O) groups excluding carboxylic acids is 4. The van der Waals surface area contributed by atoms with Crippen LogP contribution >= 0.6 is 0 Å². The molecule has 0 aromatic heterocycles. The lowest BCUT2D eigenvalue weighted by Crippen LogP contribution is -2.54. The molecule has 2 N–H and O–H groups in total. The molecule has 0 bridgehead atoms. The molecule has 0 spiro atoms. The fourth-order valence-corrected chi connectivity index (χ4v) is 6.75. The van der Waals surface area contributed by atoms with Crippen molar-refractivity contribution in [3.63, 3.8) is 0 Å².